The molecule has 0 saturated carbocycles. The highest BCUT2D eigenvalue weighted by Gasteiger charge is 2.18. The lowest BCUT2D eigenvalue weighted by molar-refractivity contribution is -0.113. The number of hydrogen-bond donors (Lipinski definition) is 1. The predicted molar refractivity (Wildman–Crippen MR) is 114 cm³/mol. The third-order valence-corrected chi connectivity index (χ3v) is 5.35. The van der Waals surface area contributed by atoms with Crippen LogP contribution in [0.15, 0.2) is 59.8 Å². The number of amides is 1. The van der Waals surface area contributed by atoms with Crippen LogP contribution < -0.4 is 5.32 Å². The zero-order chi connectivity index (χ0) is 22.0. The second-order valence-electron chi connectivity index (χ2n) is 6.76. The molecule has 0 aliphatic rings. The van der Waals surface area contributed by atoms with Gasteiger partial charge in [0.15, 0.2) is 11.0 Å². The van der Waals surface area contributed by atoms with Crippen molar-refractivity contribution in [3.8, 4) is 17.1 Å². The summed E-state index contributed by atoms with van der Waals surface area (Å²) in [4.78, 5) is 12.4. The lowest BCUT2D eigenvalue weighted by Gasteiger charge is -2.10. The Hall–Kier alpha value is -3.53. The summed E-state index contributed by atoms with van der Waals surface area (Å²) < 4.78 is 30.1. The molecule has 0 spiro atoms. The van der Waals surface area contributed by atoms with Crippen LogP contribution in [0.1, 0.15) is 5.69 Å². The Balaban J connectivity index is 1.61. The van der Waals surface area contributed by atoms with Gasteiger partial charge in [-0.05, 0) is 55.5 Å². The molecule has 0 atom stereocenters. The number of nitrogens with zero attached hydrogens (tertiary/aromatic N) is 5. The third kappa shape index (κ3) is 4.64. The lowest BCUT2D eigenvalue weighted by Crippen LogP contribution is -2.16. The molecule has 158 valence electrons. The summed E-state index contributed by atoms with van der Waals surface area (Å²) in [5.74, 6) is 0.151. The van der Waals surface area contributed by atoms with Gasteiger partial charge in [0, 0.05) is 24.4 Å². The predicted octanol–water partition coefficient (Wildman–Crippen LogP) is 3.99. The Kier molecular flexibility index (Phi) is 5.81. The quantitative estimate of drug-likeness (QED) is 0.459. The number of hydrogen-bond acceptors (Lipinski definition) is 5. The van der Waals surface area contributed by atoms with E-state index in [2.05, 4.69) is 20.6 Å². The van der Waals surface area contributed by atoms with Crippen LogP contribution in [0, 0.1) is 18.6 Å². The molecule has 4 rings (SSSR count). The van der Waals surface area contributed by atoms with Gasteiger partial charge in [-0.3, -0.25) is 14.0 Å². The summed E-state index contributed by atoms with van der Waals surface area (Å²) in [6.45, 7) is 1.84. The number of rotatable bonds is 6. The van der Waals surface area contributed by atoms with Crippen molar-refractivity contribution in [3.05, 3.63) is 71.9 Å². The highest BCUT2D eigenvalue weighted by Crippen LogP contribution is 2.28. The molecule has 0 fully saturated rings. The molecule has 4 aromatic rings. The van der Waals surface area contributed by atoms with Gasteiger partial charge in [-0.2, -0.15) is 5.10 Å². The van der Waals surface area contributed by atoms with Crippen molar-refractivity contribution < 1.29 is 13.6 Å². The summed E-state index contributed by atoms with van der Waals surface area (Å²) in [5, 5.41) is 15.9. The Bertz CT molecular complexity index is 1220. The number of aryl methyl sites for hydroxylation is 2. The van der Waals surface area contributed by atoms with Crippen molar-refractivity contribution in [1.29, 1.82) is 0 Å². The Morgan fingerprint density at radius 1 is 1.03 bits per heavy atom. The maximum atomic E-state index is 13.4. The fourth-order valence-electron chi connectivity index (χ4n) is 3.01. The number of carbonyl (C=O) groups excluding carboxylic acids is 1. The van der Waals surface area contributed by atoms with Crippen molar-refractivity contribution in [2.75, 3.05) is 11.1 Å². The van der Waals surface area contributed by atoms with Gasteiger partial charge in [0.1, 0.15) is 17.5 Å². The first-order valence-corrected chi connectivity index (χ1v) is 10.3. The molecule has 0 aliphatic heterocycles. The fraction of sp³-hybridized carbons (Fsp3) is 0.143. The molecule has 2 aromatic carbocycles. The highest BCUT2D eigenvalue weighted by molar-refractivity contribution is 7.99. The van der Waals surface area contributed by atoms with Crippen molar-refractivity contribution >= 4 is 23.5 Å². The number of halogens is 2. The van der Waals surface area contributed by atoms with Gasteiger partial charge in [-0.1, -0.05) is 11.8 Å². The molecular formula is C21H18F2N6OS. The Morgan fingerprint density at radius 2 is 1.68 bits per heavy atom. The normalized spacial score (nSPS) is 11.0. The van der Waals surface area contributed by atoms with Crippen molar-refractivity contribution in [1.82, 2.24) is 24.5 Å². The molecule has 0 unspecified atom stereocenters. The molecule has 0 aliphatic carbocycles. The molecule has 2 aromatic heterocycles. The summed E-state index contributed by atoms with van der Waals surface area (Å²) in [6.07, 6.45) is 0. The van der Waals surface area contributed by atoms with Gasteiger partial charge < -0.3 is 5.32 Å². The van der Waals surface area contributed by atoms with Crippen LogP contribution in [0.4, 0.5) is 14.6 Å². The largest absolute Gasteiger partial charge is 0.310 e. The number of anilines is 1. The zero-order valence-corrected chi connectivity index (χ0v) is 17.5. The minimum atomic E-state index is -0.375. The number of thioether (sulfide) groups is 1. The van der Waals surface area contributed by atoms with Crippen molar-refractivity contribution in [3.63, 3.8) is 0 Å². The molecule has 1 amide bonds. The SMILES string of the molecule is Cc1cc(NC(=O)CSc2nnc(-c3ccc(F)cc3)n2-c2ccc(F)cc2)n(C)n1. The van der Waals surface area contributed by atoms with E-state index in [1.54, 1.807) is 46.6 Å². The van der Waals surface area contributed by atoms with Gasteiger partial charge in [0.05, 0.1) is 11.4 Å². The van der Waals surface area contributed by atoms with E-state index >= 15 is 0 Å². The van der Waals surface area contributed by atoms with E-state index in [4.69, 9.17) is 0 Å². The molecular weight excluding hydrogens is 422 g/mol. The molecule has 2 heterocycles. The molecule has 0 saturated heterocycles. The summed E-state index contributed by atoms with van der Waals surface area (Å²) in [7, 11) is 1.75. The minimum Gasteiger partial charge on any atom is -0.310 e. The minimum absolute atomic E-state index is 0.0764. The van der Waals surface area contributed by atoms with E-state index in [0.717, 1.165) is 5.69 Å². The van der Waals surface area contributed by atoms with Crippen LogP contribution in [-0.2, 0) is 11.8 Å². The third-order valence-electron chi connectivity index (χ3n) is 4.42. The second-order valence-corrected chi connectivity index (χ2v) is 7.70. The van der Waals surface area contributed by atoms with Crippen LogP contribution in [-0.4, -0.2) is 36.2 Å². The summed E-state index contributed by atoms with van der Waals surface area (Å²) in [5.41, 5.74) is 2.06. The van der Waals surface area contributed by atoms with E-state index in [1.807, 2.05) is 6.92 Å². The van der Waals surface area contributed by atoms with Gasteiger partial charge in [-0.25, -0.2) is 8.78 Å². The lowest BCUT2D eigenvalue weighted by atomic mass is 10.2. The Labute approximate surface area is 181 Å². The van der Waals surface area contributed by atoms with Gasteiger partial charge in [0.25, 0.3) is 0 Å². The first kappa shape index (κ1) is 20.7. The van der Waals surface area contributed by atoms with E-state index in [1.165, 1.54) is 36.0 Å². The fourth-order valence-corrected chi connectivity index (χ4v) is 3.76. The van der Waals surface area contributed by atoms with Crippen LogP contribution in [0.5, 0.6) is 0 Å². The van der Waals surface area contributed by atoms with Gasteiger partial charge in [0.2, 0.25) is 5.91 Å². The molecule has 31 heavy (non-hydrogen) atoms. The Morgan fingerprint density at radius 3 is 2.29 bits per heavy atom. The van der Waals surface area contributed by atoms with Crippen LogP contribution in [0.25, 0.3) is 17.1 Å². The van der Waals surface area contributed by atoms with Gasteiger partial charge in [-0.15, -0.1) is 10.2 Å². The summed E-state index contributed by atoms with van der Waals surface area (Å²) >= 11 is 1.18. The molecule has 10 heteroatoms. The molecule has 7 nitrogen and oxygen atoms in total. The number of carbonyl (C=O) groups is 1. The molecule has 0 radical (unpaired) electrons. The first-order chi connectivity index (χ1) is 14.9. The van der Waals surface area contributed by atoms with Crippen molar-refractivity contribution in [2.45, 2.75) is 12.1 Å². The standard InChI is InChI=1S/C21H18F2N6OS/c1-13-11-18(28(2)27-13)24-19(30)12-31-21-26-25-20(14-3-5-15(22)6-4-14)29(21)17-9-7-16(23)8-10-17/h3-11H,12H2,1-2H3,(H,24,30). The van der Waals surface area contributed by atoms with E-state index < -0.39 is 0 Å². The van der Waals surface area contributed by atoms with Crippen LogP contribution in [0.2, 0.25) is 0 Å². The molecule has 0 bridgehead atoms. The monoisotopic (exact) mass is 440 g/mol. The average molecular weight is 440 g/mol. The average Bonchev–Trinajstić information content (AvgIpc) is 3.30. The first-order valence-electron chi connectivity index (χ1n) is 9.31. The highest BCUT2D eigenvalue weighted by atomic mass is 32.2. The zero-order valence-electron chi connectivity index (χ0n) is 16.7. The number of aromatic nitrogens is 5. The van der Waals surface area contributed by atoms with Crippen LogP contribution >= 0.6 is 11.8 Å². The smallest absolute Gasteiger partial charge is 0.235 e. The van der Waals surface area contributed by atoms with E-state index in [0.29, 0.717) is 28.0 Å². The van der Waals surface area contributed by atoms with E-state index in [9.17, 15) is 13.6 Å². The number of nitrogens with one attached hydrogen (secondary N) is 1. The molecule has 1 N–H and O–H groups in total. The van der Waals surface area contributed by atoms with Crippen molar-refractivity contribution in [2.24, 2.45) is 7.05 Å². The summed E-state index contributed by atoms with van der Waals surface area (Å²) in [6, 6.07) is 13.4. The maximum absolute atomic E-state index is 13.4. The second kappa shape index (κ2) is 8.68. The number of benzene rings is 2. The van der Waals surface area contributed by atoms with Gasteiger partial charge >= 0.3 is 0 Å². The maximum Gasteiger partial charge on any atom is 0.235 e. The van der Waals surface area contributed by atoms with Crippen LogP contribution in [0.3, 0.4) is 0 Å². The van der Waals surface area contributed by atoms with E-state index in [-0.39, 0.29) is 23.3 Å². The topological polar surface area (TPSA) is 77.6 Å².